The summed E-state index contributed by atoms with van der Waals surface area (Å²) < 4.78 is 23.9. The van der Waals surface area contributed by atoms with Gasteiger partial charge < -0.3 is 0 Å². The molecule has 1 N–H and O–H groups in total. The first-order valence-electron chi connectivity index (χ1n) is 6.09. The highest BCUT2D eigenvalue weighted by molar-refractivity contribution is 7.93. The molecule has 0 aromatic heterocycles. The zero-order valence-electron chi connectivity index (χ0n) is 11.0. The van der Waals surface area contributed by atoms with Crippen LogP contribution in [0.25, 0.3) is 0 Å². The van der Waals surface area contributed by atoms with Crippen molar-refractivity contribution in [3.05, 3.63) is 29.8 Å². The molecule has 1 aliphatic rings. The fraction of sp³-hybridized carbons (Fsp3) is 0.462. The van der Waals surface area contributed by atoms with Crippen molar-refractivity contribution in [2.45, 2.75) is 35.8 Å². The van der Waals surface area contributed by atoms with E-state index in [1.807, 2.05) is 6.92 Å². The highest BCUT2D eigenvalue weighted by Gasteiger charge is 2.55. The molecule has 0 atom stereocenters. The lowest BCUT2D eigenvalue weighted by Crippen LogP contribution is -2.56. The number of sulfone groups is 1. The zero-order valence-corrected chi connectivity index (χ0v) is 11.8. The molecule has 0 radical (unpaired) electrons. The van der Waals surface area contributed by atoms with Crippen LogP contribution >= 0.6 is 0 Å². The van der Waals surface area contributed by atoms with Gasteiger partial charge in [-0.05, 0) is 38.3 Å². The molecular weight excluding hydrogens is 266 g/mol. The van der Waals surface area contributed by atoms with Gasteiger partial charge in [0.05, 0.1) is 12.0 Å². The molecule has 1 aromatic rings. The molecule has 1 aromatic carbocycles. The first-order chi connectivity index (χ1) is 8.94. The summed E-state index contributed by atoms with van der Waals surface area (Å²) in [6.45, 7) is 1.88. The van der Waals surface area contributed by atoms with Crippen molar-refractivity contribution in [1.82, 2.24) is 5.48 Å². The molecular formula is C13H17NO4S. The van der Waals surface area contributed by atoms with Crippen LogP contribution in [0.3, 0.4) is 0 Å². The van der Waals surface area contributed by atoms with E-state index in [1.54, 1.807) is 24.3 Å². The van der Waals surface area contributed by atoms with Crippen LogP contribution in [0, 0.1) is 6.92 Å². The molecule has 5 nitrogen and oxygen atoms in total. The van der Waals surface area contributed by atoms with E-state index in [4.69, 9.17) is 0 Å². The molecule has 0 bridgehead atoms. The Morgan fingerprint density at radius 3 is 2.26 bits per heavy atom. The minimum Gasteiger partial charge on any atom is -0.277 e. The van der Waals surface area contributed by atoms with Crippen molar-refractivity contribution in [2.24, 2.45) is 0 Å². The van der Waals surface area contributed by atoms with Crippen molar-refractivity contribution in [1.29, 1.82) is 0 Å². The molecule has 1 aliphatic carbocycles. The van der Waals surface area contributed by atoms with Gasteiger partial charge in [0.25, 0.3) is 5.91 Å². The fourth-order valence-electron chi connectivity index (χ4n) is 2.24. The summed E-state index contributed by atoms with van der Waals surface area (Å²) in [7, 11) is -2.40. The summed E-state index contributed by atoms with van der Waals surface area (Å²) >= 11 is 0. The lowest BCUT2D eigenvalue weighted by molar-refractivity contribution is -0.136. The van der Waals surface area contributed by atoms with Crippen LogP contribution in [0.2, 0.25) is 0 Å². The average molecular weight is 283 g/mol. The van der Waals surface area contributed by atoms with Gasteiger partial charge >= 0.3 is 0 Å². The summed E-state index contributed by atoms with van der Waals surface area (Å²) in [5.41, 5.74) is 3.13. The van der Waals surface area contributed by atoms with Gasteiger partial charge in [0.15, 0.2) is 14.6 Å². The Bertz CT molecular complexity index is 573. The van der Waals surface area contributed by atoms with Gasteiger partial charge in [-0.3, -0.25) is 9.63 Å². The molecule has 6 heteroatoms. The van der Waals surface area contributed by atoms with E-state index >= 15 is 0 Å². The summed E-state index contributed by atoms with van der Waals surface area (Å²) in [4.78, 5) is 16.8. The Hall–Kier alpha value is -1.40. The van der Waals surface area contributed by atoms with Gasteiger partial charge in [-0.1, -0.05) is 17.7 Å². The predicted molar refractivity (Wildman–Crippen MR) is 70.1 cm³/mol. The van der Waals surface area contributed by atoms with Crippen LogP contribution in [-0.2, 0) is 19.5 Å². The van der Waals surface area contributed by atoms with Crippen LogP contribution in [0.1, 0.15) is 24.8 Å². The lowest BCUT2D eigenvalue weighted by Gasteiger charge is -2.38. The van der Waals surface area contributed by atoms with Crippen molar-refractivity contribution in [3.63, 3.8) is 0 Å². The third kappa shape index (κ3) is 2.15. The number of carbonyl (C=O) groups is 1. The van der Waals surface area contributed by atoms with E-state index in [1.165, 1.54) is 7.11 Å². The van der Waals surface area contributed by atoms with Crippen molar-refractivity contribution < 1.29 is 18.0 Å². The monoisotopic (exact) mass is 283 g/mol. The zero-order chi connectivity index (χ0) is 14.1. The minimum absolute atomic E-state index is 0.184. The smallest absolute Gasteiger partial charge is 0.265 e. The first kappa shape index (κ1) is 14.0. The maximum absolute atomic E-state index is 12.6. The third-order valence-corrected chi connectivity index (χ3v) is 6.13. The molecule has 0 spiro atoms. The quantitative estimate of drug-likeness (QED) is 0.847. The number of nitrogens with one attached hydrogen (secondary N) is 1. The van der Waals surface area contributed by atoms with E-state index in [0.717, 1.165) is 12.0 Å². The SMILES string of the molecule is CONC(=O)C1(S(=O)(=O)c2ccc(C)cc2)CCC1. The summed E-state index contributed by atoms with van der Waals surface area (Å²) in [5.74, 6) is -0.582. The van der Waals surface area contributed by atoms with Crippen molar-refractivity contribution in [3.8, 4) is 0 Å². The van der Waals surface area contributed by atoms with Gasteiger partial charge in [0.1, 0.15) is 0 Å². The number of aryl methyl sites for hydroxylation is 1. The Morgan fingerprint density at radius 1 is 1.26 bits per heavy atom. The Kier molecular flexibility index (Phi) is 3.64. The van der Waals surface area contributed by atoms with Crippen LogP contribution in [0.15, 0.2) is 29.2 Å². The Balaban J connectivity index is 2.42. The highest BCUT2D eigenvalue weighted by atomic mass is 32.2. The first-order valence-corrected chi connectivity index (χ1v) is 7.57. The van der Waals surface area contributed by atoms with E-state index in [9.17, 15) is 13.2 Å². The topological polar surface area (TPSA) is 72.5 Å². The normalized spacial score (nSPS) is 17.6. The minimum atomic E-state index is -3.69. The number of amides is 1. The molecule has 0 aliphatic heterocycles. The second kappa shape index (κ2) is 4.94. The molecule has 0 saturated heterocycles. The van der Waals surface area contributed by atoms with Gasteiger partial charge in [-0.2, -0.15) is 0 Å². The molecule has 19 heavy (non-hydrogen) atoms. The van der Waals surface area contributed by atoms with Gasteiger partial charge in [0, 0.05) is 0 Å². The second-order valence-corrected chi connectivity index (χ2v) is 7.06. The second-order valence-electron chi connectivity index (χ2n) is 4.80. The molecule has 104 valence electrons. The van der Waals surface area contributed by atoms with Crippen LogP contribution in [0.5, 0.6) is 0 Å². The van der Waals surface area contributed by atoms with Gasteiger partial charge in [-0.25, -0.2) is 13.9 Å². The highest BCUT2D eigenvalue weighted by Crippen LogP contribution is 2.43. The Labute approximate surface area is 112 Å². The lowest BCUT2D eigenvalue weighted by atomic mass is 9.83. The molecule has 0 heterocycles. The summed E-state index contributed by atoms with van der Waals surface area (Å²) in [6.07, 6.45) is 1.39. The van der Waals surface area contributed by atoms with E-state index in [0.29, 0.717) is 12.8 Å². The summed E-state index contributed by atoms with van der Waals surface area (Å²) in [6, 6.07) is 6.55. The molecule has 1 fully saturated rings. The third-order valence-electron chi connectivity index (χ3n) is 3.62. The van der Waals surface area contributed by atoms with E-state index in [-0.39, 0.29) is 4.90 Å². The van der Waals surface area contributed by atoms with Crippen molar-refractivity contribution in [2.75, 3.05) is 7.11 Å². The number of rotatable bonds is 4. The van der Waals surface area contributed by atoms with Crippen LogP contribution in [-0.4, -0.2) is 26.2 Å². The van der Waals surface area contributed by atoms with E-state index < -0.39 is 20.5 Å². The number of carbonyl (C=O) groups excluding carboxylic acids is 1. The maximum atomic E-state index is 12.6. The maximum Gasteiger partial charge on any atom is 0.265 e. The average Bonchev–Trinajstić information content (AvgIpc) is 2.27. The number of benzene rings is 1. The van der Waals surface area contributed by atoms with Crippen molar-refractivity contribution >= 4 is 15.7 Å². The van der Waals surface area contributed by atoms with E-state index in [2.05, 4.69) is 10.3 Å². The number of hydrogen-bond acceptors (Lipinski definition) is 4. The summed E-state index contributed by atoms with van der Waals surface area (Å²) in [5, 5.41) is 0. The van der Waals surface area contributed by atoms with Gasteiger partial charge in [0.2, 0.25) is 0 Å². The standard InChI is InChI=1S/C13H17NO4S/c1-10-4-6-11(7-5-10)19(16,17)13(8-3-9-13)12(15)14-18-2/h4-7H,3,8-9H2,1-2H3,(H,14,15). The molecule has 1 amide bonds. The fourth-order valence-corrected chi connectivity index (χ4v) is 4.30. The van der Waals surface area contributed by atoms with Crippen LogP contribution in [0.4, 0.5) is 0 Å². The van der Waals surface area contributed by atoms with Gasteiger partial charge in [-0.15, -0.1) is 0 Å². The molecule has 1 saturated carbocycles. The predicted octanol–water partition coefficient (Wildman–Crippen LogP) is 1.37. The largest absolute Gasteiger partial charge is 0.277 e. The molecule has 2 rings (SSSR count). The molecule has 0 unspecified atom stereocenters. The Morgan fingerprint density at radius 2 is 1.84 bits per heavy atom. The van der Waals surface area contributed by atoms with Crippen LogP contribution < -0.4 is 5.48 Å². The number of hydroxylamine groups is 1. The number of hydrogen-bond donors (Lipinski definition) is 1.